The number of carbonyl (C=O) groups excluding carboxylic acids is 1. The summed E-state index contributed by atoms with van der Waals surface area (Å²) < 4.78 is 0. The average Bonchev–Trinajstić information content (AvgIpc) is 1.65. The third-order valence-electron chi connectivity index (χ3n) is 0.160. The van der Waals surface area contributed by atoms with Crippen LogP contribution in [0.2, 0.25) is 0 Å². The van der Waals surface area contributed by atoms with Crippen LogP contribution in [0.5, 0.6) is 0 Å². The van der Waals surface area contributed by atoms with Gasteiger partial charge < -0.3 is 4.90 Å². The SMILES string of the molecule is C=CC(=O)Cl.CN(C)C.Cl. The van der Waals surface area contributed by atoms with Crippen LogP contribution in [0, 0.1) is 0 Å². The number of rotatable bonds is 1. The molecule has 0 heterocycles. The second-order valence-electron chi connectivity index (χ2n) is 1.85. The maximum absolute atomic E-state index is 9.46. The average molecular weight is 186 g/mol. The van der Waals surface area contributed by atoms with Crippen LogP contribution in [0.15, 0.2) is 12.7 Å². The zero-order chi connectivity index (χ0) is 7.86. The normalized spacial score (nSPS) is 6.90. The lowest BCUT2D eigenvalue weighted by atomic mass is 10.7. The van der Waals surface area contributed by atoms with Crippen molar-refractivity contribution in [2.24, 2.45) is 0 Å². The summed E-state index contributed by atoms with van der Waals surface area (Å²) in [4.78, 5) is 11.5. The highest BCUT2D eigenvalue weighted by molar-refractivity contribution is 6.66. The first kappa shape index (κ1) is 16.5. The van der Waals surface area contributed by atoms with Gasteiger partial charge in [0, 0.05) is 0 Å². The molecule has 0 rings (SSSR count). The first-order valence-corrected chi connectivity index (χ1v) is 2.81. The van der Waals surface area contributed by atoms with Crippen molar-refractivity contribution in [2.75, 3.05) is 21.1 Å². The Balaban J connectivity index is -0.0000000910. The molecule has 0 aliphatic heterocycles. The number of halogens is 2. The topological polar surface area (TPSA) is 20.3 Å². The summed E-state index contributed by atoms with van der Waals surface area (Å²) in [5.74, 6) is 0. The van der Waals surface area contributed by atoms with Crippen molar-refractivity contribution < 1.29 is 4.79 Å². The van der Waals surface area contributed by atoms with Crippen molar-refractivity contribution in [3.8, 4) is 0 Å². The molecule has 2 nitrogen and oxygen atoms in total. The molecule has 0 fully saturated rings. The first-order chi connectivity index (χ1) is 4.00. The van der Waals surface area contributed by atoms with Crippen molar-refractivity contribution in [3.05, 3.63) is 12.7 Å². The maximum Gasteiger partial charge on any atom is 0.244 e. The molecule has 0 spiro atoms. The molecule has 0 saturated carbocycles. The number of allylic oxidation sites excluding steroid dienone is 1. The van der Waals surface area contributed by atoms with E-state index in [0.717, 1.165) is 6.08 Å². The molecule has 0 aromatic heterocycles. The highest BCUT2D eigenvalue weighted by Crippen LogP contribution is 1.74. The van der Waals surface area contributed by atoms with E-state index in [9.17, 15) is 4.79 Å². The van der Waals surface area contributed by atoms with Gasteiger partial charge in [-0.1, -0.05) is 6.58 Å². The van der Waals surface area contributed by atoms with Crippen molar-refractivity contribution in [1.29, 1.82) is 0 Å². The molecule has 0 unspecified atom stereocenters. The van der Waals surface area contributed by atoms with Crippen LogP contribution in [0.1, 0.15) is 0 Å². The lowest BCUT2D eigenvalue weighted by molar-refractivity contribution is -0.107. The van der Waals surface area contributed by atoms with E-state index in [0.29, 0.717) is 0 Å². The predicted molar refractivity (Wildman–Crippen MR) is 47.9 cm³/mol. The molecule has 0 aliphatic rings. The second kappa shape index (κ2) is 11.7. The molecular formula is C6H13Cl2NO. The van der Waals surface area contributed by atoms with Crippen LogP contribution in [-0.2, 0) is 4.79 Å². The molecule has 0 N–H and O–H groups in total. The van der Waals surface area contributed by atoms with Gasteiger partial charge in [-0.3, -0.25) is 4.79 Å². The van der Waals surface area contributed by atoms with Gasteiger partial charge in [0.15, 0.2) is 0 Å². The molecule has 4 heteroatoms. The fourth-order valence-corrected chi connectivity index (χ4v) is 0. The lowest BCUT2D eigenvalue weighted by Crippen LogP contribution is -1.99. The van der Waals surface area contributed by atoms with Crippen molar-refractivity contribution in [3.63, 3.8) is 0 Å². The number of nitrogens with zero attached hydrogens (tertiary/aromatic N) is 1. The molecule has 0 aromatic carbocycles. The summed E-state index contributed by atoms with van der Waals surface area (Å²) in [6.45, 7) is 3.08. The van der Waals surface area contributed by atoms with E-state index >= 15 is 0 Å². The quantitative estimate of drug-likeness (QED) is 0.457. The first-order valence-electron chi connectivity index (χ1n) is 2.43. The van der Waals surface area contributed by atoms with Crippen LogP contribution in [0.3, 0.4) is 0 Å². The van der Waals surface area contributed by atoms with E-state index in [2.05, 4.69) is 6.58 Å². The van der Waals surface area contributed by atoms with Crippen molar-refractivity contribution in [2.45, 2.75) is 0 Å². The standard InChI is InChI=1S/C3H3ClO.C3H9N.ClH/c1-2-3(4)5;1-4(2)3;/h2H,1H2;1-3H3;1H. The van der Waals surface area contributed by atoms with Crippen LogP contribution in [0.25, 0.3) is 0 Å². The zero-order valence-corrected chi connectivity index (χ0v) is 8.00. The summed E-state index contributed by atoms with van der Waals surface area (Å²) in [5, 5.41) is -0.509. The van der Waals surface area contributed by atoms with E-state index < -0.39 is 5.24 Å². The van der Waals surface area contributed by atoms with E-state index in [1.807, 2.05) is 26.0 Å². The van der Waals surface area contributed by atoms with Gasteiger partial charge in [0.1, 0.15) is 0 Å². The van der Waals surface area contributed by atoms with Gasteiger partial charge in [-0.2, -0.15) is 0 Å². The van der Waals surface area contributed by atoms with Crippen LogP contribution < -0.4 is 0 Å². The number of carbonyl (C=O) groups is 1. The molecule has 0 radical (unpaired) electrons. The monoisotopic (exact) mass is 185 g/mol. The van der Waals surface area contributed by atoms with Gasteiger partial charge in [0.25, 0.3) is 0 Å². The molecule has 0 aliphatic carbocycles. The molecule has 0 atom stereocenters. The van der Waals surface area contributed by atoms with Gasteiger partial charge >= 0.3 is 0 Å². The van der Waals surface area contributed by atoms with E-state index in [1.54, 1.807) is 0 Å². The van der Waals surface area contributed by atoms with Gasteiger partial charge in [-0.05, 0) is 38.8 Å². The molecule has 10 heavy (non-hydrogen) atoms. The van der Waals surface area contributed by atoms with Crippen molar-refractivity contribution >= 4 is 29.3 Å². The smallest absolute Gasteiger partial charge is 0.244 e. The van der Waals surface area contributed by atoms with Gasteiger partial charge in [0.05, 0.1) is 0 Å². The Morgan fingerprint density at radius 2 is 1.60 bits per heavy atom. The molecule has 62 valence electrons. The Labute approximate surface area is 73.3 Å². The van der Waals surface area contributed by atoms with Gasteiger partial charge in [-0.15, -0.1) is 12.4 Å². The third-order valence-corrected chi connectivity index (χ3v) is 0.315. The van der Waals surface area contributed by atoms with E-state index in [4.69, 9.17) is 11.6 Å². The summed E-state index contributed by atoms with van der Waals surface area (Å²) in [5.41, 5.74) is 0. The Bertz CT molecular complexity index is 91.0. The fraction of sp³-hybridized carbons (Fsp3) is 0.500. The predicted octanol–water partition coefficient (Wildman–Crippen LogP) is 1.54. The zero-order valence-electron chi connectivity index (χ0n) is 6.43. The molecule has 0 bridgehead atoms. The maximum atomic E-state index is 9.46. The summed E-state index contributed by atoms with van der Waals surface area (Å²) in [6, 6.07) is 0. The van der Waals surface area contributed by atoms with E-state index in [-0.39, 0.29) is 12.4 Å². The fourth-order valence-electron chi connectivity index (χ4n) is 0. The summed E-state index contributed by atoms with van der Waals surface area (Å²) in [6.07, 6.45) is 1.04. The van der Waals surface area contributed by atoms with Crippen LogP contribution >= 0.6 is 24.0 Å². The minimum atomic E-state index is -0.509. The molecule has 0 amide bonds. The highest BCUT2D eigenvalue weighted by atomic mass is 35.5. The number of hydrogen-bond acceptors (Lipinski definition) is 2. The Morgan fingerprint density at radius 3 is 1.60 bits per heavy atom. The lowest BCUT2D eigenvalue weighted by Gasteiger charge is -1.90. The Kier molecular flexibility index (Phi) is 19.3. The number of hydrogen-bond donors (Lipinski definition) is 0. The Hall–Kier alpha value is -0.0500. The summed E-state index contributed by atoms with van der Waals surface area (Å²) in [7, 11) is 6.00. The Morgan fingerprint density at radius 1 is 1.50 bits per heavy atom. The third kappa shape index (κ3) is 101. The summed E-state index contributed by atoms with van der Waals surface area (Å²) >= 11 is 4.71. The second-order valence-corrected chi connectivity index (χ2v) is 2.22. The van der Waals surface area contributed by atoms with E-state index in [1.165, 1.54) is 0 Å². The van der Waals surface area contributed by atoms with Crippen molar-refractivity contribution in [1.82, 2.24) is 4.90 Å². The minimum Gasteiger partial charge on any atom is -0.312 e. The largest absolute Gasteiger partial charge is 0.312 e. The van der Waals surface area contributed by atoms with Gasteiger partial charge in [-0.25, -0.2) is 0 Å². The highest BCUT2D eigenvalue weighted by Gasteiger charge is 1.74. The van der Waals surface area contributed by atoms with Crippen LogP contribution in [-0.4, -0.2) is 31.3 Å². The molecule has 0 saturated heterocycles. The van der Waals surface area contributed by atoms with Gasteiger partial charge in [0.2, 0.25) is 5.24 Å². The minimum absolute atomic E-state index is 0. The van der Waals surface area contributed by atoms with Crippen LogP contribution in [0.4, 0.5) is 0 Å². The molecule has 0 aromatic rings. The molecular weight excluding hydrogens is 173 g/mol.